The number of hydrogen-bond acceptors (Lipinski definition) is 5. The minimum absolute atomic E-state index is 0.0199. The molecule has 0 aliphatic carbocycles. The zero-order chi connectivity index (χ0) is 20.4. The molecule has 2 N–H and O–H groups in total. The van der Waals surface area contributed by atoms with Crippen molar-refractivity contribution in [3.8, 4) is 11.8 Å². The normalized spacial score (nSPS) is 23.8. The Morgan fingerprint density at radius 1 is 1.21 bits per heavy atom. The van der Waals surface area contributed by atoms with Crippen molar-refractivity contribution < 1.29 is 19.4 Å². The van der Waals surface area contributed by atoms with Crippen LogP contribution < -0.4 is 10.1 Å². The van der Waals surface area contributed by atoms with Crippen LogP contribution in [0.5, 0.6) is 5.75 Å². The Hall–Kier alpha value is -3.11. The van der Waals surface area contributed by atoms with Crippen molar-refractivity contribution in [1.29, 1.82) is 5.26 Å². The highest BCUT2D eigenvalue weighted by Crippen LogP contribution is 2.29. The number of amides is 1. The first kappa shape index (κ1) is 19.2. The van der Waals surface area contributed by atoms with Crippen LogP contribution in [-0.4, -0.2) is 53.2 Å². The highest BCUT2D eigenvalue weighted by molar-refractivity contribution is 6.06. The van der Waals surface area contributed by atoms with Crippen molar-refractivity contribution in [2.45, 2.75) is 43.8 Å². The van der Waals surface area contributed by atoms with Gasteiger partial charge < -0.3 is 14.7 Å². The smallest absolute Gasteiger partial charge is 0.340 e. The van der Waals surface area contributed by atoms with E-state index in [9.17, 15) is 20.0 Å². The highest BCUT2D eigenvalue weighted by Gasteiger charge is 2.37. The van der Waals surface area contributed by atoms with Gasteiger partial charge in [0.15, 0.2) is 0 Å². The molecular weight excluding hydrogens is 370 g/mol. The number of benzene rings is 2. The Morgan fingerprint density at radius 3 is 2.83 bits per heavy atom. The first-order valence-corrected chi connectivity index (χ1v) is 9.92. The first-order valence-electron chi connectivity index (χ1n) is 9.92. The number of fused-ring (bicyclic) bond motifs is 1. The number of aromatic carboxylic acids is 1. The maximum Gasteiger partial charge on any atom is 0.340 e. The van der Waals surface area contributed by atoms with Gasteiger partial charge in [-0.05, 0) is 42.5 Å². The van der Waals surface area contributed by atoms with Gasteiger partial charge in [0, 0.05) is 12.6 Å². The van der Waals surface area contributed by atoms with Crippen molar-refractivity contribution in [3.63, 3.8) is 0 Å². The predicted molar refractivity (Wildman–Crippen MR) is 107 cm³/mol. The fourth-order valence-electron chi connectivity index (χ4n) is 4.29. The van der Waals surface area contributed by atoms with Gasteiger partial charge in [0.1, 0.15) is 24.0 Å². The number of carbonyl (C=O) groups excluding carboxylic acids is 1. The minimum Gasteiger partial charge on any atom is -0.491 e. The average molecular weight is 393 g/mol. The number of carbonyl (C=O) groups is 2. The number of hydrogen-bond donors (Lipinski definition) is 2. The summed E-state index contributed by atoms with van der Waals surface area (Å²) in [4.78, 5) is 26.2. The van der Waals surface area contributed by atoms with Gasteiger partial charge in [-0.3, -0.25) is 10.1 Å². The third-order valence-electron chi connectivity index (χ3n) is 5.77. The van der Waals surface area contributed by atoms with E-state index in [-0.39, 0.29) is 36.2 Å². The number of rotatable bonds is 5. The lowest BCUT2D eigenvalue weighted by molar-refractivity contribution is -0.133. The molecule has 0 saturated carbocycles. The van der Waals surface area contributed by atoms with Crippen molar-refractivity contribution >= 4 is 22.6 Å². The standard InChI is InChI=1S/C22H23N3O4/c23-12-16-5-3-11-25(16)21(26)18-9-8-15(24-18)13-29-19-10-7-14-4-1-2-6-17(14)20(19)22(27)28/h1-2,4,6-7,10,15-16,18,24H,3,5,8-9,11,13H2,(H,27,28). The summed E-state index contributed by atoms with van der Waals surface area (Å²) in [5.74, 6) is -0.717. The molecule has 2 aromatic carbocycles. The molecule has 7 nitrogen and oxygen atoms in total. The van der Waals surface area contributed by atoms with Gasteiger partial charge in [-0.2, -0.15) is 5.26 Å². The van der Waals surface area contributed by atoms with E-state index in [4.69, 9.17) is 4.74 Å². The van der Waals surface area contributed by atoms with E-state index < -0.39 is 5.97 Å². The lowest BCUT2D eigenvalue weighted by Gasteiger charge is -2.24. The maximum absolute atomic E-state index is 12.7. The van der Waals surface area contributed by atoms with E-state index >= 15 is 0 Å². The summed E-state index contributed by atoms with van der Waals surface area (Å²) >= 11 is 0. The molecule has 3 unspecified atom stereocenters. The molecule has 0 bridgehead atoms. The molecule has 150 valence electrons. The third-order valence-corrected chi connectivity index (χ3v) is 5.77. The van der Waals surface area contributed by atoms with Crippen molar-refractivity contribution in [2.75, 3.05) is 13.2 Å². The largest absolute Gasteiger partial charge is 0.491 e. The van der Waals surface area contributed by atoms with Crippen molar-refractivity contribution in [1.82, 2.24) is 10.2 Å². The summed E-state index contributed by atoms with van der Waals surface area (Å²) in [6.07, 6.45) is 3.05. The van der Waals surface area contributed by atoms with Crippen LogP contribution in [0.4, 0.5) is 0 Å². The number of nitrogens with one attached hydrogen (secondary N) is 1. The molecule has 0 radical (unpaired) electrons. The topological polar surface area (TPSA) is 103 Å². The van der Waals surface area contributed by atoms with Crippen LogP contribution in [0.25, 0.3) is 10.8 Å². The lowest BCUT2D eigenvalue weighted by atomic mass is 10.0. The fourth-order valence-corrected chi connectivity index (χ4v) is 4.29. The number of carboxylic acids is 1. The monoisotopic (exact) mass is 393 g/mol. The minimum atomic E-state index is -1.03. The van der Waals surface area contributed by atoms with Gasteiger partial charge in [-0.25, -0.2) is 4.79 Å². The summed E-state index contributed by atoms with van der Waals surface area (Å²) in [7, 11) is 0. The lowest BCUT2D eigenvalue weighted by Crippen LogP contribution is -2.47. The summed E-state index contributed by atoms with van der Waals surface area (Å²) in [5, 5.41) is 23.7. The molecule has 2 saturated heterocycles. The average Bonchev–Trinajstić information content (AvgIpc) is 3.40. The number of ether oxygens (including phenoxy) is 1. The first-order chi connectivity index (χ1) is 14.1. The van der Waals surface area contributed by atoms with E-state index in [1.165, 1.54) is 0 Å². The van der Waals surface area contributed by atoms with E-state index in [0.717, 1.165) is 24.6 Å². The van der Waals surface area contributed by atoms with Gasteiger partial charge in [0.2, 0.25) is 5.91 Å². The van der Waals surface area contributed by atoms with Crippen LogP contribution in [0, 0.1) is 11.3 Å². The molecule has 2 heterocycles. The summed E-state index contributed by atoms with van der Waals surface area (Å²) in [5.41, 5.74) is 0.155. The van der Waals surface area contributed by atoms with Crippen LogP contribution in [0.3, 0.4) is 0 Å². The second-order valence-electron chi connectivity index (χ2n) is 7.59. The van der Waals surface area contributed by atoms with E-state index in [2.05, 4.69) is 11.4 Å². The van der Waals surface area contributed by atoms with Crippen LogP contribution in [0.15, 0.2) is 36.4 Å². The Kier molecular flexibility index (Phi) is 5.36. The second-order valence-corrected chi connectivity index (χ2v) is 7.59. The van der Waals surface area contributed by atoms with Crippen LogP contribution in [0.1, 0.15) is 36.0 Å². The number of likely N-dealkylation sites (tertiary alicyclic amines) is 1. The van der Waals surface area contributed by atoms with Crippen molar-refractivity contribution in [3.05, 3.63) is 42.0 Å². The molecule has 4 rings (SSSR count). The zero-order valence-corrected chi connectivity index (χ0v) is 16.0. The molecule has 0 aromatic heterocycles. The summed E-state index contributed by atoms with van der Waals surface area (Å²) < 4.78 is 5.87. The van der Waals surface area contributed by atoms with Crippen LogP contribution >= 0.6 is 0 Å². The van der Waals surface area contributed by atoms with Gasteiger partial charge >= 0.3 is 5.97 Å². The number of carboxylic acid groups (broad SMARTS) is 1. The van der Waals surface area contributed by atoms with Crippen LogP contribution in [-0.2, 0) is 4.79 Å². The van der Waals surface area contributed by atoms with Crippen LogP contribution in [0.2, 0.25) is 0 Å². The summed E-state index contributed by atoms with van der Waals surface area (Å²) in [6.45, 7) is 0.916. The Labute approximate surface area is 168 Å². The van der Waals surface area contributed by atoms with E-state index in [1.54, 1.807) is 23.1 Å². The molecule has 7 heteroatoms. The predicted octanol–water partition coefficient (Wildman–Crippen LogP) is 2.55. The highest BCUT2D eigenvalue weighted by atomic mass is 16.5. The molecular formula is C22H23N3O4. The Morgan fingerprint density at radius 2 is 2.03 bits per heavy atom. The van der Waals surface area contributed by atoms with E-state index in [0.29, 0.717) is 24.1 Å². The maximum atomic E-state index is 12.7. The molecule has 2 aliphatic heterocycles. The molecule has 29 heavy (non-hydrogen) atoms. The zero-order valence-electron chi connectivity index (χ0n) is 16.0. The summed E-state index contributed by atoms with van der Waals surface area (Å²) in [6, 6.07) is 12.4. The van der Waals surface area contributed by atoms with Gasteiger partial charge in [-0.15, -0.1) is 0 Å². The second kappa shape index (κ2) is 8.10. The fraction of sp³-hybridized carbons (Fsp3) is 0.409. The molecule has 2 aromatic rings. The molecule has 2 fully saturated rings. The van der Waals surface area contributed by atoms with Gasteiger partial charge in [0.05, 0.1) is 12.1 Å². The van der Waals surface area contributed by atoms with Gasteiger partial charge in [0.25, 0.3) is 0 Å². The SMILES string of the molecule is N#CC1CCCN1C(=O)C1CCC(COc2ccc3ccccc3c2C(=O)O)N1. The quantitative estimate of drug-likeness (QED) is 0.809. The van der Waals surface area contributed by atoms with E-state index in [1.807, 2.05) is 18.2 Å². The Balaban J connectivity index is 1.42. The Bertz CT molecular complexity index is 984. The number of nitrogens with zero attached hydrogens (tertiary/aromatic N) is 2. The van der Waals surface area contributed by atoms with Crippen molar-refractivity contribution in [2.24, 2.45) is 0 Å². The van der Waals surface area contributed by atoms with Gasteiger partial charge in [-0.1, -0.05) is 30.3 Å². The molecule has 3 atom stereocenters. The molecule has 0 spiro atoms. The number of nitriles is 1. The molecule has 2 aliphatic rings. The molecule has 1 amide bonds. The third kappa shape index (κ3) is 3.76.